The molecule has 0 unspecified atom stereocenters. The third-order valence-corrected chi connectivity index (χ3v) is 13.0. The quantitative estimate of drug-likeness (QED) is 0.206. The van der Waals surface area contributed by atoms with E-state index in [1.54, 1.807) is 12.3 Å². The first kappa shape index (κ1) is 38.7. The smallest absolute Gasteiger partial charge is 0.408 e. The summed E-state index contributed by atoms with van der Waals surface area (Å²) >= 11 is 6.13. The van der Waals surface area contributed by atoms with Crippen LogP contribution in [0.3, 0.4) is 0 Å². The van der Waals surface area contributed by atoms with Gasteiger partial charge in [0.15, 0.2) is 0 Å². The molecule has 53 heavy (non-hydrogen) atoms. The van der Waals surface area contributed by atoms with Crippen LogP contribution in [0.25, 0.3) is 11.1 Å². The average molecular weight is 770 g/mol. The number of carbonyl (C=O) groups excluding carboxylic acids is 4. The fraction of sp³-hybridized carbons (Fsp3) is 0.553. The number of rotatable bonds is 12. The number of amides is 4. The molecule has 2 heterocycles. The fourth-order valence-electron chi connectivity index (χ4n) is 7.50. The van der Waals surface area contributed by atoms with E-state index in [0.29, 0.717) is 23.6 Å². The molecule has 3 N–H and O–H groups in total. The number of aromatic nitrogens is 1. The topological polar surface area (TPSA) is 173 Å². The van der Waals surface area contributed by atoms with Crippen molar-refractivity contribution in [1.82, 2.24) is 25.2 Å². The van der Waals surface area contributed by atoms with Gasteiger partial charge in [-0.25, -0.2) is 18.2 Å². The van der Waals surface area contributed by atoms with Crippen LogP contribution in [-0.4, -0.2) is 84.7 Å². The van der Waals surface area contributed by atoms with Crippen LogP contribution < -0.4 is 15.4 Å². The number of methoxy groups -OCH3 is 1. The first-order valence-electron chi connectivity index (χ1n) is 18.1. The molecule has 1 aromatic heterocycles. The van der Waals surface area contributed by atoms with Crippen molar-refractivity contribution in [3.05, 3.63) is 66.0 Å². The minimum atomic E-state index is -3.91. The molecule has 4 fully saturated rings. The summed E-state index contributed by atoms with van der Waals surface area (Å²) in [5.74, 6) is -2.56. The number of benzene rings is 1. The number of sulfonamides is 1. The highest BCUT2D eigenvalue weighted by molar-refractivity contribution is 7.91. The zero-order chi connectivity index (χ0) is 38.3. The van der Waals surface area contributed by atoms with Crippen LogP contribution in [0, 0.1) is 11.3 Å². The molecule has 286 valence electrons. The molecule has 0 radical (unpaired) electrons. The van der Waals surface area contributed by atoms with Gasteiger partial charge in [-0.1, -0.05) is 62.7 Å². The molecule has 4 aliphatic rings. The maximum Gasteiger partial charge on any atom is 0.408 e. The lowest BCUT2D eigenvalue weighted by Gasteiger charge is -2.36. The number of hydrogen-bond donors (Lipinski definition) is 3. The number of ether oxygens (including phenoxy) is 2. The molecule has 3 aliphatic carbocycles. The lowest BCUT2D eigenvalue weighted by molar-refractivity contribution is -0.143. The summed E-state index contributed by atoms with van der Waals surface area (Å²) in [4.78, 5) is 61.3. The van der Waals surface area contributed by atoms with E-state index in [0.717, 1.165) is 36.8 Å². The van der Waals surface area contributed by atoms with E-state index in [2.05, 4.69) is 26.9 Å². The van der Waals surface area contributed by atoms with E-state index in [-0.39, 0.29) is 25.5 Å². The van der Waals surface area contributed by atoms with Crippen molar-refractivity contribution in [2.45, 2.75) is 107 Å². The van der Waals surface area contributed by atoms with E-state index >= 15 is 0 Å². The van der Waals surface area contributed by atoms with Crippen molar-refractivity contribution in [2.75, 3.05) is 13.7 Å². The van der Waals surface area contributed by atoms with Gasteiger partial charge in [0.25, 0.3) is 5.91 Å². The Morgan fingerprint density at radius 3 is 2.28 bits per heavy atom. The maximum atomic E-state index is 14.7. The first-order chi connectivity index (χ1) is 25.0. The van der Waals surface area contributed by atoms with Crippen molar-refractivity contribution < 1.29 is 37.1 Å². The molecule has 15 heteroatoms. The van der Waals surface area contributed by atoms with Crippen LogP contribution in [0.4, 0.5) is 4.79 Å². The SMILES string of the molecule is C=C[C@@H]1C[C@]1(NC(=O)[C@@H]1C[C@@](OC)(c2ccc(-c3ccnc(Cl)c3)cc2)CN1C(=O)[C@@H](NC(=O)OC1CCCC1)C(C)(C)C)C(=O)NS(=O)(=O)C1CC1. The Bertz CT molecular complexity index is 1870. The second-order valence-electron chi connectivity index (χ2n) is 15.8. The third kappa shape index (κ3) is 8.09. The van der Waals surface area contributed by atoms with E-state index < -0.39 is 73.6 Å². The summed E-state index contributed by atoms with van der Waals surface area (Å²) in [5.41, 5.74) is -1.14. The number of nitrogens with zero attached hydrogens (tertiary/aromatic N) is 2. The van der Waals surface area contributed by atoms with E-state index in [9.17, 15) is 27.6 Å². The van der Waals surface area contributed by atoms with Gasteiger partial charge < -0.3 is 25.0 Å². The van der Waals surface area contributed by atoms with Crippen molar-refractivity contribution in [3.8, 4) is 11.1 Å². The van der Waals surface area contributed by atoms with Crippen LogP contribution >= 0.6 is 11.6 Å². The van der Waals surface area contributed by atoms with Crippen LogP contribution in [0.15, 0.2) is 55.3 Å². The second kappa shape index (κ2) is 14.7. The summed E-state index contributed by atoms with van der Waals surface area (Å²) in [5, 5.41) is 5.32. The third-order valence-electron chi connectivity index (χ3n) is 11.0. The maximum absolute atomic E-state index is 14.7. The zero-order valence-corrected chi connectivity index (χ0v) is 32.1. The molecule has 3 saturated carbocycles. The summed E-state index contributed by atoms with van der Waals surface area (Å²) in [6.07, 6.45) is 6.65. The lowest BCUT2D eigenvalue weighted by atomic mass is 9.85. The van der Waals surface area contributed by atoms with E-state index in [4.69, 9.17) is 21.1 Å². The number of likely N-dealkylation sites (tertiary alicyclic amines) is 1. The number of pyridine rings is 1. The molecule has 1 aliphatic heterocycles. The Morgan fingerprint density at radius 1 is 1.04 bits per heavy atom. The molecule has 5 atom stereocenters. The molecule has 0 bridgehead atoms. The molecule has 1 aromatic carbocycles. The number of hydrogen-bond acceptors (Lipinski definition) is 9. The minimum Gasteiger partial charge on any atom is -0.446 e. The molecule has 6 rings (SSSR count). The van der Waals surface area contributed by atoms with Crippen molar-refractivity contribution in [3.63, 3.8) is 0 Å². The standard InChI is InChI=1S/C38H48ClN5O8S/c1-6-25-20-38(25,34(47)43-53(49,50)28-15-16-28)42-32(45)29-21-37(51-5,26-13-11-23(12-14-26)24-17-18-40-30(39)19-24)22-44(29)33(46)31(36(2,3)4)41-35(48)52-27-9-7-8-10-27/h6,11-14,17-19,25,27-29,31H,1,7-10,15-16,20-22H2,2-5H3,(H,41,48)(H,42,45)(H,43,47)/t25-,29+,31-,37+,38-/m1/s1. The van der Waals surface area contributed by atoms with Crippen molar-refractivity contribution in [2.24, 2.45) is 11.3 Å². The summed E-state index contributed by atoms with van der Waals surface area (Å²) < 4.78 is 39.5. The van der Waals surface area contributed by atoms with Crippen LogP contribution in [-0.2, 0) is 39.5 Å². The average Bonchev–Trinajstić information content (AvgIpc) is 4.00. The van der Waals surface area contributed by atoms with E-state index in [1.807, 2.05) is 51.1 Å². The van der Waals surface area contributed by atoms with Crippen LogP contribution in [0.2, 0.25) is 5.15 Å². The predicted octanol–water partition coefficient (Wildman–Crippen LogP) is 4.60. The van der Waals surface area contributed by atoms with E-state index in [1.165, 1.54) is 18.1 Å². The molecular weight excluding hydrogens is 722 g/mol. The monoisotopic (exact) mass is 769 g/mol. The fourth-order valence-corrected chi connectivity index (χ4v) is 9.04. The van der Waals surface area contributed by atoms with Gasteiger partial charge in [-0.2, -0.15) is 0 Å². The van der Waals surface area contributed by atoms with Gasteiger partial charge in [0, 0.05) is 25.6 Å². The van der Waals surface area contributed by atoms with Gasteiger partial charge in [-0.05, 0) is 79.2 Å². The summed E-state index contributed by atoms with van der Waals surface area (Å²) in [6.45, 7) is 9.15. The highest BCUT2D eigenvalue weighted by Crippen LogP contribution is 2.47. The Kier molecular flexibility index (Phi) is 10.7. The first-order valence-corrected chi connectivity index (χ1v) is 20.0. The Hall–Kier alpha value is -4.01. The van der Waals surface area contributed by atoms with Gasteiger partial charge in [0.05, 0.1) is 11.8 Å². The van der Waals surface area contributed by atoms with Gasteiger partial charge in [0.1, 0.15) is 34.5 Å². The lowest BCUT2D eigenvalue weighted by Crippen LogP contribution is -2.60. The zero-order valence-electron chi connectivity index (χ0n) is 30.5. The predicted molar refractivity (Wildman–Crippen MR) is 198 cm³/mol. The minimum absolute atomic E-state index is 0.00170. The second-order valence-corrected chi connectivity index (χ2v) is 18.1. The highest BCUT2D eigenvalue weighted by Gasteiger charge is 2.62. The number of halogens is 1. The van der Waals surface area contributed by atoms with Crippen LogP contribution in [0.1, 0.15) is 77.7 Å². The Labute approximate surface area is 315 Å². The number of alkyl carbamates (subject to hydrolysis) is 1. The number of carbonyl (C=O) groups is 4. The van der Waals surface area contributed by atoms with Gasteiger partial charge in [0.2, 0.25) is 21.8 Å². The summed E-state index contributed by atoms with van der Waals surface area (Å²) in [7, 11) is -2.40. The van der Waals surface area contributed by atoms with Gasteiger partial charge in [-0.15, -0.1) is 6.58 Å². The molecule has 0 spiro atoms. The molecule has 1 saturated heterocycles. The Balaban J connectivity index is 1.32. The molecule has 4 amide bonds. The molecule has 13 nitrogen and oxygen atoms in total. The van der Waals surface area contributed by atoms with Gasteiger partial charge >= 0.3 is 6.09 Å². The largest absolute Gasteiger partial charge is 0.446 e. The number of nitrogens with one attached hydrogen (secondary N) is 3. The highest BCUT2D eigenvalue weighted by atomic mass is 35.5. The van der Waals surface area contributed by atoms with Crippen molar-refractivity contribution in [1.29, 1.82) is 0 Å². The normalized spacial score (nSPS) is 26.4. The Morgan fingerprint density at radius 2 is 1.72 bits per heavy atom. The molecule has 2 aromatic rings. The van der Waals surface area contributed by atoms with Gasteiger partial charge in [-0.3, -0.25) is 19.1 Å². The summed E-state index contributed by atoms with van der Waals surface area (Å²) in [6, 6.07) is 8.80. The molecular formula is C38H48ClN5O8S. The van der Waals surface area contributed by atoms with Crippen LogP contribution in [0.5, 0.6) is 0 Å². The van der Waals surface area contributed by atoms with Crippen molar-refractivity contribution >= 4 is 45.4 Å².